The number of carbonyl (C=O) groups excluding carboxylic acids is 1. The van der Waals surface area contributed by atoms with Crippen molar-refractivity contribution in [2.45, 2.75) is 17.9 Å². The van der Waals surface area contributed by atoms with Gasteiger partial charge in [-0.3, -0.25) is 10.2 Å². The zero-order chi connectivity index (χ0) is 19.6. The number of amides is 1. The minimum atomic E-state index is -4.18. The number of nitrogens with one attached hydrogen (secondary N) is 2. The number of para-hydroxylation sites is 2. The molecule has 3 N–H and O–H groups in total. The van der Waals surface area contributed by atoms with E-state index in [1.165, 1.54) is 19.1 Å². The van der Waals surface area contributed by atoms with E-state index in [9.17, 15) is 18.0 Å². The van der Waals surface area contributed by atoms with Gasteiger partial charge in [0.15, 0.2) is 11.5 Å². The number of carboxylic acid groups (broad SMARTS) is 1. The van der Waals surface area contributed by atoms with E-state index in [1.54, 1.807) is 24.3 Å². The number of sulfonamides is 1. The molecule has 0 aromatic heterocycles. The molecule has 1 heterocycles. The first-order chi connectivity index (χ1) is 12.8. The van der Waals surface area contributed by atoms with E-state index in [0.29, 0.717) is 17.1 Å². The van der Waals surface area contributed by atoms with Gasteiger partial charge in [0, 0.05) is 0 Å². The third-order valence-electron chi connectivity index (χ3n) is 3.83. The van der Waals surface area contributed by atoms with Crippen LogP contribution < -0.4 is 19.7 Å². The van der Waals surface area contributed by atoms with Gasteiger partial charge in [0.05, 0.1) is 10.5 Å². The summed E-state index contributed by atoms with van der Waals surface area (Å²) in [5, 5.41) is 9.02. The second kappa shape index (κ2) is 7.25. The Labute approximate surface area is 154 Å². The Kier molecular flexibility index (Phi) is 5.02. The Morgan fingerprint density at radius 1 is 1.15 bits per heavy atom. The molecule has 1 atom stereocenters. The standard InChI is InChI=1S/C17H16N2O7S/c1-10-6-7-11(17(21)22)8-15(10)27(23,24)19-18-16(20)14-9-25-12-4-2-3-5-13(12)26-14/h2-8,14,19H,9H2,1H3,(H,18,20)(H,21,22). The van der Waals surface area contributed by atoms with Crippen LogP contribution in [0.25, 0.3) is 0 Å². The predicted molar refractivity (Wildman–Crippen MR) is 93.0 cm³/mol. The molecule has 142 valence electrons. The first kappa shape index (κ1) is 18.7. The van der Waals surface area contributed by atoms with Crippen LogP contribution in [0.2, 0.25) is 0 Å². The molecule has 0 saturated heterocycles. The highest BCUT2D eigenvalue weighted by atomic mass is 32.2. The molecule has 10 heteroatoms. The summed E-state index contributed by atoms with van der Waals surface area (Å²) < 4.78 is 35.7. The van der Waals surface area contributed by atoms with Crippen LogP contribution in [-0.4, -0.2) is 38.1 Å². The van der Waals surface area contributed by atoms with Crippen LogP contribution in [-0.2, 0) is 14.8 Å². The van der Waals surface area contributed by atoms with Crippen molar-refractivity contribution in [3.8, 4) is 11.5 Å². The topological polar surface area (TPSA) is 131 Å². The zero-order valence-corrected chi connectivity index (χ0v) is 14.9. The molecular weight excluding hydrogens is 376 g/mol. The number of hydrogen-bond acceptors (Lipinski definition) is 6. The van der Waals surface area contributed by atoms with E-state index in [-0.39, 0.29) is 17.1 Å². The lowest BCUT2D eigenvalue weighted by Gasteiger charge is -2.25. The van der Waals surface area contributed by atoms with Gasteiger partial charge in [-0.2, -0.15) is 0 Å². The molecule has 0 spiro atoms. The number of carbonyl (C=O) groups is 2. The van der Waals surface area contributed by atoms with Crippen molar-refractivity contribution in [2.24, 2.45) is 0 Å². The first-order valence-electron chi connectivity index (χ1n) is 7.82. The fraction of sp³-hybridized carbons (Fsp3) is 0.176. The molecule has 1 aliphatic heterocycles. The van der Waals surface area contributed by atoms with Crippen LogP contribution >= 0.6 is 0 Å². The van der Waals surface area contributed by atoms with Crippen molar-refractivity contribution >= 4 is 21.9 Å². The number of ether oxygens (including phenoxy) is 2. The van der Waals surface area contributed by atoms with Crippen LogP contribution in [0.4, 0.5) is 0 Å². The van der Waals surface area contributed by atoms with E-state index < -0.39 is 28.0 Å². The highest BCUT2D eigenvalue weighted by Crippen LogP contribution is 2.30. The molecule has 27 heavy (non-hydrogen) atoms. The smallest absolute Gasteiger partial charge is 0.335 e. The number of aromatic carboxylic acids is 1. The third-order valence-corrected chi connectivity index (χ3v) is 5.22. The average molecular weight is 392 g/mol. The van der Waals surface area contributed by atoms with Gasteiger partial charge in [-0.05, 0) is 36.8 Å². The van der Waals surface area contributed by atoms with Gasteiger partial charge in [0.1, 0.15) is 6.61 Å². The second-order valence-corrected chi connectivity index (χ2v) is 7.40. The summed E-state index contributed by atoms with van der Waals surface area (Å²) in [6.45, 7) is 1.43. The fourth-order valence-corrected chi connectivity index (χ4v) is 3.54. The Morgan fingerprint density at radius 2 is 1.85 bits per heavy atom. The van der Waals surface area contributed by atoms with Crippen molar-refractivity contribution in [3.05, 3.63) is 53.6 Å². The Hall–Kier alpha value is -3.11. The van der Waals surface area contributed by atoms with Gasteiger partial charge < -0.3 is 14.6 Å². The zero-order valence-electron chi connectivity index (χ0n) is 14.1. The highest BCUT2D eigenvalue weighted by Gasteiger charge is 2.28. The van der Waals surface area contributed by atoms with E-state index in [1.807, 2.05) is 4.83 Å². The summed E-state index contributed by atoms with van der Waals surface area (Å²) in [5.41, 5.74) is 2.21. The highest BCUT2D eigenvalue weighted by molar-refractivity contribution is 7.89. The average Bonchev–Trinajstić information content (AvgIpc) is 2.65. The van der Waals surface area contributed by atoms with Gasteiger partial charge in [0.25, 0.3) is 15.9 Å². The first-order valence-corrected chi connectivity index (χ1v) is 9.30. The Bertz CT molecular complexity index is 1000. The number of rotatable bonds is 5. The molecule has 0 bridgehead atoms. The summed E-state index contributed by atoms with van der Waals surface area (Å²) in [7, 11) is -4.18. The lowest BCUT2D eigenvalue weighted by Crippen LogP contribution is -2.50. The van der Waals surface area contributed by atoms with Gasteiger partial charge in [-0.1, -0.05) is 18.2 Å². The van der Waals surface area contributed by atoms with E-state index in [4.69, 9.17) is 14.6 Å². The minimum absolute atomic E-state index is 0.0852. The number of carboxylic acids is 1. The van der Waals surface area contributed by atoms with Crippen molar-refractivity contribution in [1.29, 1.82) is 0 Å². The SMILES string of the molecule is Cc1ccc(C(=O)O)cc1S(=O)(=O)NNC(=O)C1COc2ccccc2O1. The largest absolute Gasteiger partial charge is 0.485 e. The number of fused-ring (bicyclic) bond motifs is 1. The van der Waals surface area contributed by atoms with Crippen molar-refractivity contribution in [2.75, 3.05) is 6.61 Å². The van der Waals surface area contributed by atoms with Crippen LogP contribution in [0.3, 0.4) is 0 Å². The van der Waals surface area contributed by atoms with Crippen LogP contribution in [0.1, 0.15) is 15.9 Å². The van der Waals surface area contributed by atoms with E-state index in [0.717, 1.165) is 6.07 Å². The molecule has 3 rings (SSSR count). The van der Waals surface area contributed by atoms with Crippen molar-refractivity contribution in [3.63, 3.8) is 0 Å². The molecule has 2 aromatic rings. The Morgan fingerprint density at radius 3 is 2.56 bits per heavy atom. The van der Waals surface area contributed by atoms with Crippen LogP contribution in [0.15, 0.2) is 47.4 Å². The van der Waals surface area contributed by atoms with E-state index in [2.05, 4.69) is 5.43 Å². The quantitative estimate of drug-likeness (QED) is 0.643. The number of benzene rings is 2. The fourth-order valence-electron chi connectivity index (χ4n) is 2.42. The summed E-state index contributed by atoms with van der Waals surface area (Å²) in [6.07, 6.45) is -1.05. The third kappa shape index (κ3) is 4.01. The maximum atomic E-state index is 12.4. The Balaban J connectivity index is 1.70. The van der Waals surface area contributed by atoms with Gasteiger partial charge in [-0.25, -0.2) is 13.2 Å². The molecule has 1 unspecified atom stereocenters. The lowest BCUT2D eigenvalue weighted by molar-refractivity contribution is -0.130. The summed E-state index contributed by atoms with van der Waals surface area (Å²) in [6, 6.07) is 10.5. The molecule has 0 radical (unpaired) electrons. The summed E-state index contributed by atoms with van der Waals surface area (Å²) >= 11 is 0. The molecule has 1 aliphatic rings. The molecule has 0 saturated carbocycles. The molecule has 0 aliphatic carbocycles. The molecule has 2 aromatic carbocycles. The molecule has 0 fully saturated rings. The van der Waals surface area contributed by atoms with E-state index >= 15 is 0 Å². The van der Waals surface area contributed by atoms with Crippen LogP contribution in [0.5, 0.6) is 11.5 Å². The van der Waals surface area contributed by atoms with Crippen molar-refractivity contribution in [1.82, 2.24) is 10.3 Å². The summed E-state index contributed by atoms with van der Waals surface area (Å²) in [5.74, 6) is -1.15. The molecular formula is C17H16N2O7S. The summed E-state index contributed by atoms with van der Waals surface area (Å²) in [4.78, 5) is 24.9. The second-order valence-electron chi connectivity index (χ2n) is 5.74. The van der Waals surface area contributed by atoms with Gasteiger partial charge in [0.2, 0.25) is 6.10 Å². The lowest BCUT2D eigenvalue weighted by atomic mass is 10.1. The van der Waals surface area contributed by atoms with Gasteiger partial charge in [-0.15, -0.1) is 4.83 Å². The molecule has 9 nitrogen and oxygen atoms in total. The maximum Gasteiger partial charge on any atom is 0.335 e. The van der Waals surface area contributed by atoms with Gasteiger partial charge >= 0.3 is 5.97 Å². The normalized spacial score (nSPS) is 15.8. The number of hydrazine groups is 1. The maximum absolute atomic E-state index is 12.4. The minimum Gasteiger partial charge on any atom is -0.485 e. The molecule has 1 amide bonds. The van der Waals surface area contributed by atoms with Crippen LogP contribution in [0, 0.1) is 6.92 Å². The number of aryl methyl sites for hydroxylation is 1. The predicted octanol–water partition coefficient (Wildman–Crippen LogP) is 0.843. The number of hydrogen-bond donors (Lipinski definition) is 3. The van der Waals surface area contributed by atoms with Crippen molar-refractivity contribution < 1.29 is 32.6 Å². The monoisotopic (exact) mass is 392 g/mol.